The summed E-state index contributed by atoms with van der Waals surface area (Å²) in [5.74, 6) is -0.105. The van der Waals surface area contributed by atoms with E-state index in [1.165, 1.54) is 22.5 Å². The van der Waals surface area contributed by atoms with Crippen molar-refractivity contribution >= 4 is 34.8 Å². The van der Waals surface area contributed by atoms with E-state index in [1.54, 1.807) is 0 Å². The van der Waals surface area contributed by atoms with Gasteiger partial charge < -0.3 is 11.1 Å². The summed E-state index contributed by atoms with van der Waals surface area (Å²) in [4.78, 5) is 16.9. The van der Waals surface area contributed by atoms with Crippen molar-refractivity contribution in [2.24, 2.45) is 5.73 Å². The Balaban J connectivity index is 0.00000192. The van der Waals surface area contributed by atoms with E-state index in [-0.39, 0.29) is 18.3 Å². The van der Waals surface area contributed by atoms with Gasteiger partial charge in [-0.05, 0) is 32.3 Å². The fraction of sp³-hybridized carbons (Fsp3) is 0.412. The van der Waals surface area contributed by atoms with E-state index in [0.717, 1.165) is 36.9 Å². The smallest absolute Gasteiger partial charge is 0.246 e. The number of amides is 1. The normalized spacial score (nSPS) is 16.0. The number of nitrogens with one attached hydrogen (secondary N) is 1. The summed E-state index contributed by atoms with van der Waals surface area (Å²) < 4.78 is 0. The number of halogens is 1. The Morgan fingerprint density at radius 1 is 1.30 bits per heavy atom. The molecule has 0 atom stereocenters. The van der Waals surface area contributed by atoms with Crippen LogP contribution in [-0.4, -0.2) is 16.4 Å². The lowest BCUT2D eigenvalue weighted by Gasteiger charge is -2.21. The molecule has 1 aliphatic rings. The number of nitrogens with zero attached hydrogens (tertiary/aromatic N) is 1. The van der Waals surface area contributed by atoms with Crippen LogP contribution in [0.5, 0.6) is 0 Å². The molecule has 1 aromatic heterocycles. The molecule has 4 nitrogen and oxygen atoms in total. The number of nitrogens with two attached hydrogens (primary N) is 1. The van der Waals surface area contributed by atoms with Crippen LogP contribution < -0.4 is 11.1 Å². The highest BCUT2D eigenvalue weighted by molar-refractivity contribution is 7.14. The van der Waals surface area contributed by atoms with Crippen molar-refractivity contribution in [3.8, 4) is 11.3 Å². The highest BCUT2D eigenvalue weighted by Crippen LogP contribution is 2.31. The molecule has 6 heteroatoms. The molecule has 3 rings (SSSR count). The number of carbonyl (C=O) groups excluding carboxylic acids is 1. The number of rotatable bonds is 3. The number of aryl methyl sites for hydroxylation is 2. The maximum Gasteiger partial charge on any atom is 0.246 e. The molecule has 0 saturated heterocycles. The van der Waals surface area contributed by atoms with Crippen LogP contribution in [0.25, 0.3) is 11.3 Å². The fourth-order valence-corrected chi connectivity index (χ4v) is 3.72. The Morgan fingerprint density at radius 3 is 2.65 bits per heavy atom. The van der Waals surface area contributed by atoms with Crippen LogP contribution in [-0.2, 0) is 4.79 Å². The number of carbonyl (C=O) groups is 1. The van der Waals surface area contributed by atoms with Crippen LogP contribution in [0, 0.1) is 13.8 Å². The van der Waals surface area contributed by atoms with Gasteiger partial charge in [-0.25, -0.2) is 4.98 Å². The molecule has 3 N–H and O–H groups in total. The van der Waals surface area contributed by atoms with E-state index in [1.807, 2.05) is 5.38 Å². The van der Waals surface area contributed by atoms with Crippen LogP contribution in [0.3, 0.4) is 0 Å². The van der Waals surface area contributed by atoms with Gasteiger partial charge in [0.25, 0.3) is 0 Å². The van der Waals surface area contributed by atoms with Gasteiger partial charge in [-0.3, -0.25) is 4.79 Å². The van der Waals surface area contributed by atoms with Crippen LogP contribution in [0.1, 0.15) is 36.8 Å². The maximum absolute atomic E-state index is 12.3. The predicted molar refractivity (Wildman–Crippen MR) is 98.3 cm³/mol. The van der Waals surface area contributed by atoms with Crippen LogP contribution >= 0.6 is 23.7 Å². The minimum Gasteiger partial charge on any atom is -0.317 e. The van der Waals surface area contributed by atoms with Crippen LogP contribution in [0.4, 0.5) is 5.13 Å². The molecule has 0 bridgehead atoms. The molecule has 1 fully saturated rings. The predicted octanol–water partition coefficient (Wildman–Crippen LogP) is 4.06. The minimum atomic E-state index is -0.717. The van der Waals surface area contributed by atoms with Gasteiger partial charge in [0.1, 0.15) is 0 Å². The third-order valence-corrected chi connectivity index (χ3v) is 5.09. The topological polar surface area (TPSA) is 68.0 Å². The Hall–Kier alpha value is -1.43. The molecule has 1 amide bonds. The molecule has 2 aromatic rings. The fourth-order valence-electron chi connectivity index (χ4n) is 3.01. The van der Waals surface area contributed by atoms with Gasteiger partial charge in [-0.2, -0.15) is 0 Å². The Bertz CT molecular complexity index is 708. The van der Waals surface area contributed by atoms with Gasteiger partial charge in [0.2, 0.25) is 5.91 Å². The third-order valence-electron chi connectivity index (χ3n) is 4.33. The van der Waals surface area contributed by atoms with Crippen LogP contribution in [0.15, 0.2) is 23.6 Å². The number of hydrogen-bond donors (Lipinski definition) is 2. The summed E-state index contributed by atoms with van der Waals surface area (Å²) in [5, 5.41) is 5.49. The molecule has 124 valence electrons. The SMILES string of the molecule is Cc1ccc(-c2csc(NC(=O)C3(N)CCCC3)n2)c(C)c1.Cl. The van der Waals surface area contributed by atoms with Crippen LogP contribution in [0.2, 0.25) is 0 Å². The number of aromatic nitrogens is 1. The summed E-state index contributed by atoms with van der Waals surface area (Å²) in [6.45, 7) is 4.15. The molecule has 0 aliphatic heterocycles. The van der Waals surface area contributed by atoms with Gasteiger partial charge in [0, 0.05) is 10.9 Å². The van der Waals surface area contributed by atoms with E-state index in [2.05, 4.69) is 42.3 Å². The molecule has 1 heterocycles. The standard InChI is InChI=1S/C17H21N3OS.ClH/c1-11-5-6-13(12(2)9-11)14-10-22-16(19-14)20-15(21)17(18)7-3-4-8-17;/h5-6,9-10H,3-4,7-8,18H2,1-2H3,(H,19,20,21);1H. The average Bonchev–Trinajstić information content (AvgIpc) is 3.09. The highest BCUT2D eigenvalue weighted by Gasteiger charge is 2.37. The van der Waals surface area contributed by atoms with Gasteiger partial charge >= 0.3 is 0 Å². The zero-order valence-electron chi connectivity index (χ0n) is 13.4. The van der Waals surface area contributed by atoms with E-state index < -0.39 is 5.54 Å². The molecule has 0 spiro atoms. The summed E-state index contributed by atoms with van der Waals surface area (Å²) in [7, 11) is 0. The largest absolute Gasteiger partial charge is 0.317 e. The van der Waals surface area contributed by atoms with E-state index in [0.29, 0.717) is 5.13 Å². The van der Waals surface area contributed by atoms with Crippen molar-refractivity contribution in [2.75, 3.05) is 5.32 Å². The number of hydrogen-bond acceptors (Lipinski definition) is 4. The zero-order valence-corrected chi connectivity index (χ0v) is 15.0. The van der Waals surface area contributed by atoms with Gasteiger partial charge in [-0.15, -0.1) is 23.7 Å². The summed E-state index contributed by atoms with van der Waals surface area (Å²) in [6.07, 6.45) is 3.56. The first-order valence-electron chi connectivity index (χ1n) is 7.61. The first kappa shape index (κ1) is 17.9. The van der Waals surface area contributed by atoms with E-state index in [9.17, 15) is 4.79 Å². The molecule has 1 aromatic carbocycles. The number of anilines is 1. The van der Waals surface area contributed by atoms with Gasteiger partial charge in [-0.1, -0.05) is 36.6 Å². The zero-order chi connectivity index (χ0) is 15.7. The van der Waals surface area contributed by atoms with Gasteiger partial charge in [0.05, 0.1) is 11.2 Å². The monoisotopic (exact) mass is 351 g/mol. The van der Waals surface area contributed by atoms with Gasteiger partial charge in [0.15, 0.2) is 5.13 Å². The van der Waals surface area contributed by atoms with Crippen molar-refractivity contribution in [3.63, 3.8) is 0 Å². The van der Waals surface area contributed by atoms with Crippen molar-refractivity contribution in [1.29, 1.82) is 0 Å². The Labute approximate surface area is 146 Å². The second-order valence-corrected chi connectivity index (χ2v) is 7.03. The summed E-state index contributed by atoms with van der Waals surface area (Å²) >= 11 is 1.44. The first-order valence-corrected chi connectivity index (χ1v) is 8.49. The molecule has 1 aliphatic carbocycles. The quantitative estimate of drug-likeness (QED) is 0.876. The molecular formula is C17H22ClN3OS. The summed E-state index contributed by atoms with van der Waals surface area (Å²) in [6, 6.07) is 6.29. The molecule has 0 radical (unpaired) electrons. The second-order valence-electron chi connectivity index (χ2n) is 6.17. The molecular weight excluding hydrogens is 330 g/mol. The first-order chi connectivity index (χ1) is 10.5. The second kappa shape index (κ2) is 6.99. The lowest BCUT2D eigenvalue weighted by molar-refractivity contribution is -0.121. The average molecular weight is 352 g/mol. The number of thiazole rings is 1. The van der Waals surface area contributed by atoms with Crippen molar-refractivity contribution in [1.82, 2.24) is 4.98 Å². The molecule has 0 unspecified atom stereocenters. The van der Waals surface area contributed by atoms with Crippen molar-refractivity contribution in [3.05, 3.63) is 34.7 Å². The lowest BCUT2D eigenvalue weighted by Crippen LogP contribution is -2.48. The lowest BCUT2D eigenvalue weighted by atomic mass is 9.98. The third kappa shape index (κ3) is 3.74. The summed E-state index contributed by atoms with van der Waals surface area (Å²) in [5.41, 5.74) is 9.88. The van der Waals surface area contributed by atoms with Crippen molar-refractivity contribution in [2.45, 2.75) is 45.1 Å². The number of benzene rings is 1. The minimum absolute atomic E-state index is 0. The Kier molecular flexibility index (Phi) is 5.45. The molecule has 23 heavy (non-hydrogen) atoms. The maximum atomic E-state index is 12.3. The van der Waals surface area contributed by atoms with E-state index in [4.69, 9.17) is 5.73 Å². The van der Waals surface area contributed by atoms with E-state index >= 15 is 0 Å². The molecule has 1 saturated carbocycles. The Morgan fingerprint density at radius 2 is 2.00 bits per heavy atom. The van der Waals surface area contributed by atoms with Crippen molar-refractivity contribution < 1.29 is 4.79 Å². The highest BCUT2D eigenvalue weighted by atomic mass is 35.5.